The van der Waals surface area contributed by atoms with E-state index in [-0.39, 0.29) is 18.1 Å². The van der Waals surface area contributed by atoms with Crippen molar-refractivity contribution in [1.29, 1.82) is 0 Å². The van der Waals surface area contributed by atoms with Crippen LogP contribution in [-0.4, -0.2) is 45.5 Å². The maximum Gasteiger partial charge on any atom is 0.331 e. The number of fused-ring (bicyclic) bond motifs is 2. The summed E-state index contributed by atoms with van der Waals surface area (Å²) in [4.78, 5) is 35.0. The van der Waals surface area contributed by atoms with Crippen LogP contribution in [0.25, 0.3) is 0 Å². The van der Waals surface area contributed by atoms with Gasteiger partial charge in [-0.1, -0.05) is 6.58 Å². The molecule has 170 valence electrons. The highest BCUT2D eigenvalue weighted by Gasteiger charge is 2.30. The zero-order valence-electron chi connectivity index (χ0n) is 18.0. The third-order valence-corrected chi connectivity index (χ3v) is 5.58. The van der Waals surface area contributed by atoms with Crippen LogP contribution in [0, 0.1) is 17.0 Å². The SMILES string of the molecule is C=C(CC(=O)N1N=C(c2ccc([N+](=O)[O-])c(C)c2)c2cc3c(cc2CC1C)OCO3)C(=O)O. The number of amides is 1. The molecule has 0 saturated carbocycles. The third-order valence-electron chi connectivity index (χ3n) is 5.58. The van der Waals surface area contributed by atoms with Gasteiger partial charge in [-0.2, -0.15) is 5.10 Å². The number of nitro groups is 1. The molecule has 2 heterocycles. The van der Waals surface area contributed by atoms with Gasteiger partial charge in [-0.25, -0.2) is 9.80 Å². The van der Waals surface area contributed by atoms with Crippen LogP contribution >= 0.6 is 0 Å². The summed E-state index contributed by atoms with van der Waals surface area (Å²) in [5.74, 6) is -0.653. The van der Waals surface area contributed by atoms with Gasteiger partial charge in [-0.15, -0.1) is 0 Å². The molecular formula is C23H21N3O7. The van der Waals surface area contributed by atoms with E-state index in [1.54, 1.807) is 25.1 Å². The lowest BCUT2D eigenvalue weighted by Gasteiger charge is -2.23. The Balaban J connectivity index is 1.85. The zero-order chi connectivity index (χ0) is 23.9. The smallest absolute Gasteiger partial charge is 0.331 e. The van der Waals surface area contributed by atoms with Crippen molar-refractivity contribution in [3.8, 4) is 11.5 Å². The molecule has 4 rings (SSSR count). The number of carboxylic acids is 1. The van der Waals surface area contributed by atoms with Crippen LogP contribution < -0.4 is 9.47 Å². The van der Waals surface area contributed by atoms with E-state index in [4.69, 9.17) is 14.6 Å². The molecular weight excluding hydrogens is 430 g/mol. The second kappa shape index (κ2) is 8.38. The van der Waals surface area contributed by atoms with Gasteiger partial charge in [0, 0.05) is 28.3 Å². The largest absolute Gasteiger partial charge is 0.478 e. The number of hydrogen-bond donors (Lipinski definition) is 1. The Hall–Kier alpha value is -4.21. The second-order valence-corrected chi connectivity index (χ2v) is 7.95. The maximum atomic E-state index is 13.0. The van der Waals surface area contributed by atoms with Crippen LogP contribution in [0.4, 0.5) is 5.69 Å². The average molecular weight is 451 g/mol. The lowest BCUT2D eigenvalue weighted by Crippen LogP contribution is -2.36. The number of ether oxygens (including phenoxy) is 2. The highest BCUT2D eigenvalue weighted by atomic mass is 16.7. The van der Waals surface area contributed by atoms with Gasteiger partial charge in [0.1, 0.15) is 0 Å². The van der Waals surface area contributed by atoms with Gasteiger partial charge in [0.15, 0.2) is 11.5 Å². The number of nitrogens with zero attached hydrogens (tertiary/aromatic N) is 3. The van der Waals surface area contributed by atoms with Crippen molar-refractivity contribution < 1.29 is 29.1 Å². The maximum absolute atomic E-state index is 13.0. The number of carboxylic acid groups (broad SMARTS) is 1. The van der Waals surface area contributed by atoms with Crippen molar-refractivity contribution in [2.75, 3.05) is 6.79 Å². The van der Waals surface area contributed by atoms with Gasteiger partial charge >= 0.3 is 5.97 Å². The number of carbonyl (C=O) groups is 2. The summed E-state index contributed by atoms with van der Waals surface area (Å²) >= 11 is 0. The standard InChI is InChI=1S/C23H21N3O7/c1-12-6-15(4-5-18(12)26(30)31)22-17-10-20-19(32-11-33-20)9-16(17)8-14(3)25(24-22)21(27)7-13(2)23(28)29/h4-6,9-10,14H,2,7-8,11H2,1,3H3,(H,28,29). The molecule has 0 bridgehead atoms. The molecule has 2 aliphatic heterocycles. The first-order valence-corrected chi connectivity index (χ1v) is 10.2. The number of hydrazone groups is 1. The molecule has 2 aliphatic rings. The van der Waals surface area contributed by atoms with Crippen molar-refractivity contribution >= 4 is 23.3 Å². The summed E-state index contributed by atoms with van der Waals surface area (Å²) in [7, 11) is 0. The highest BCUT2D eigenvalue weighted by molar-refractivity contribution is 6.15. The minimum Gasteiger partial charge on any atom is -0.478 e. The van der Waals surface area contributed by atoms with E-state index < -0.39 is 29.3 Å². The molecule has 2 aromatic carbocycles. The molecule has 0 spiro atoms. The van der Waals surface area contributed by atoms with E-state index in [1.807, 2.05) is 13.0 Å². The summed E-state index contributed by atoms with van der Waals surface area (Å²) in [6.45, 7) is 6.97. The van der Waals surface area contributed by atoms with E-state index in [9.17, 15) is 19.7 Å². The van der Waals surface area contributed by atoms with E-state index in [0.717, 1.165) is 5.56 Å². The first-order chi connectivity index (χ1) is 15.7. The van der Waals surface area contributed by atoms with Crippen molar-refractivity contribution in [2.45, 2.75) is 32.7 Å². The van der Waals surface area contributed by atoms with Crippen LogP contribution in [0.1, 0.15) is 35.6 Å². The zero-order valence-corrected chi connectivity index (χ0v) is 18.0. The van der Waals surface area contributed by atoms with E-state index >= 15 is 0 Å². The molecule has 1 amide bonds. The van der Waals surface area contributed by atoms with Crippen LogP contribution in [0.5, 0.6) is 11.5 Å². The van der Waals surface area contributed by atoms with Gasteiger partial charge in [-0.05, 0) is 50.1 Å². The van der Waals surface area contributed by atoms with Gasteiger partial charge < -0.3 is 14.6 Å². The molecule has 1 unspecified atom stereocenters. The quantitative estimate of drug-likeness (QED) is 0.419. The number of aliphatic carboxylic acids is 1. The monoisotopic (exact) mass is 451 g/mol. The lowest BCUT2D eigenvalue weighted by atomic mass is 9.93. The molecule has 33 heavy (non-hydrogen) atoms. The fraction of sp³-hybridized carbons (Fsp3) is 0.261. The molecule has 0 saturated heterocycles. The summed E-state index contributed by atoms with van der Waals surface area (Å²) < 4.78 is 11.0. The minimum absolute atomic E-state index is 0.0297. The Kier molecular flexibility index (Phi) is 5.59. The molecule has 0 aromatic heterocycles. The molecule has 2 aromatic rings. The predicted octanol–water partition coefficient (Wildman–Crippen LogP) is 3.19. The van der Waals surface area contributed by atoms with Crippen molar-refractivity contribution in [3.05, 3.63) is 74.9 Å². The Labute approximate surface area is 188 Å². The van der Waals surface area contributed by atoms with Gasteiger partial charge in [-0.3, -0.25) is 14.9 Å². The van der Waals surface area contributed by atoms with Crippen molar-refractivity contribution in [3.63, 3.8) is 0 Å². The summed E-state index contributed by atoms with van der Waals surface area (Å²) in [5, 5.41) is 26.3. The number of hydrogen-bond acceptors (Lipinski definition) is 7. The fourth-order valence-electron chi connectivity index (χ4n) is 3.90. The van der Waals surface area contributed by atoms with Crippen LogP contribution in [0.15, 0.2) is 47.6 Å². The number of benzene rings is 2. The number of aryl methyl sites for hydroxylation is 1. The summed E-state index contributed by atoms with van der Waals surface area (Å²) in [5.41, 5.74) is 2.72. The Morgan fingerprint density at radius 2 is 1.97 bits per heavy atom. The van der Waals surface area contributed by atoms with E-state index in [2.05, 4.69) is 11.7 Å². The summed E-state index contributed by atoms with van der Waals surface area (Å²) in [6.07, 6.45) is 0.0328. The second-order valence-electron chi connectivity index (χ2n) is 7.95. The van der Waals surface area contributed by atoms with Crippen molar-refractivity contribution in [1.82, 2.24) is 5.01 Å². The molecule has 0 aliphatic carbocycles. The summed E-state index contributed by atoms with van der Waals surface area (Å²) in [6, 6.07) is 7.84. The molecule has 1 N–H and O–H groups in total. The molecule has 10 nitrogen and oxygen atoms in total. The first-order valence-electron chi connectivity index (χ1n) is 10.2. The highest BCUT2D eigenvalue weighted by Crippen LogP contribution is 2.38. The van der Waals surface area contributed by atoms with E-state index in [0.29, 0.717) is 40.3 Å². The lowest BCUT2D eigenvalue weighted by molar-refractivity contribution is -0.385. The molecule has 1 atom stereocenters. The molecule has 0 radical (unpaired) electrons. The van der Waals surface area contributed by atoms with Gasteiger partial charge in [0.25, 0.3) is 5.69 Å². The van der Waals surface area contributed by atoms with Gasteiger partial charge in [0.05, 0.1) is 23.1 Å². The number of carbonyl (C=O) groups excluding carboxylic acids is 1. The Morgan fingerprint density at radius 1 is 1.27 bits per heavy atom. The van der Waals surface area contributed by atoms with Crippen molar-refractivity contribution in [2.24, 2.45) is 5.10 Å². The van der Waals surface area contributed by atoms with E-state index in [1.165, 1.54) is 11.1 Å². The number of nitro benzene ring substituents is 1. The van der Waals surface area contributed by atoms with Crippen LogP contribution in [0.3, 0.4) is 0 Å². The van der Waals surface area contributed by atoms with Crippen LogP contribution in [-0.2, 0) is 16.0 Å². The molecule has 10 heteroatoms. The topological polar surface area (TPSA) is 132 Å². The number of rotatable bonds is 5. The van der Waals surface area contributed by atoms with Crippen LogP contribution in [0.2, 0.25) is 0 Å². The molecule has 0 fully saturated rings. The Bertz CT molecular complexity index is 1230. The fourth-order valence-corrected chi connectivity index (χ4v) is 3.90. The predicted molar refractivity (Wildman–Crippen MR) is 117 cm³/mol. The normalized spacial score (nSPS) is 16.5. The Morgan fingerprint density at radius 3 is 2.61 bits per heavy atom. The van der Waals surface area contributed by atoms with Gasteiger partial charge in [0.2, 0.25) is 12.7 Å². The third kappa shape index (κ3) is 4.14. The minimum atomic E-state index is -1.25. The first kappa shape index (κ1) is 22.0. The average Bonchev–Trinajstić information content (AvgIpc) is 3.14.